The van der Waals surface area contributed by atoms with E-state index in [1.807, 2.05) is 0 Å². The molecule has 1 aliphatic heterocycles. The minimum absolute atomic E-state index is 0. The molecule has 1 fully saturated rings. The molecule has 12 heavy (non-hydrogen) atoms. The van der Waals surface area contributed by atoms with E-state index in [-0.39, 0.29) is 14.9 Å². The highest BCUT2D eigenvalue weighted by molar-refractivity contribution is 6.72. The maximum Gasteiger partial charge on any atom is 0.189 e. The molecule has 0 aromatic heterocycles. The Morgan fingerprint density at radius 2 is 1.92 bits per heavy atom. The van der Waals surface area contributed by atoms with E-state index in [1.165, 1.54) is 31.4 Å². The summed E-state index contributed by atoms with van der Waals surface area (Å²) in [4.78, 5) is 0. The van der Waals surface area contributed by atoms with E-state index in [9.17, 15) is 0 Å². The van der Waals surface area contributed by atoms with Gasteiger partial charge in [-0.2, -0.15) is 0 Å². The second-order valence-electron chi connectivity index (χ2n) is 3.51. The van der Waals surface area contributed by atoms with Crippen LogP contribution < -0.4 is 0 Å². The predicted molar refractivity (Wildman–Crippen MR) is 60.2 cm³/mol. The molecular weight excluding hydrogens is 164 g/mol. The monoisotopic (exact) mass is 190 g/mol. The van der Waals surface area contributed by atoms with Gasteiger partial charge in [-0.25, -0.2) is 0 Å². The zero-order valence-corrected chi connectivity index (χ0v) is 8.15. The van der Waals surface area contributed by atoms with Crippen LogP contribution in [0.2, 0.25) is 18.6 Å². The SMILES string of the molecule is C.C.CCC[Si]1(C)CCCCO1. The summed E-state index contributed by atoms with van der Waals surface area (Å²) in [5, 5.41) is 0. The Morgan fingerprint density at radius 3 is 2.33 bits per heavy atom. The van der Waals surface area contributed by atoms with E-state index >= 15 is 0 Å². The molecule has 1 unspecified atom stereocenters. The van der Waals surface area contributed by atoms with Gasteiger partial charge in [-0.05, 0) is 25.1 Å². The summed E-state index contributed by atoms with van der Waals surface area (Å²) in [6, 6.07) is 2.77. The van der Waals surface area contributed by atoms with Gasteiger partial charge >= 0.3 is 0 Å². The lowest BCUT2D eigenvalue weighted by Gasteiger charge is -2.31. The fourth-order valence-electron chi connectivity index (χ4n) is 1.72. The molecular formula is C10H26OSi. The molecule has 0 N–H and O–H groups in total. The highest BCUT2D eigenvalue weighted by Crippen LogP contribution is 2.26. The van der Waals surface area contributed by atoms with Gasteiger partial charge in [0, 0.05) is 6.61 Å². The van der Waals surface area contributed by atoms with Crippen LogP contribution in [0.15, 0.2) is 0 Å². The molecule has 0 aromatic rings. The Morgan fingerprint density at radius 1 is 1.25 bits per heavy atom. The van der Waals surface area contributed by atoms with Gasteiger partial charge in [-0.1, -0.05) is 34.6 Å². The van der Waals surface area contributed by atoms with E-state index in [0.717, 1.165) is 6.61 Å². The highest BCUT2D eigenvalue weighted by Gasteiger charge is 2.29. The van der Waals surface area contributed by atoms with E-state index in [4.69, 9.17) is 4.43 Å². The number of rotatable bonds is 2. The zero-order chi connectivity index (χ0) is 7.45. The summed E-state index contributed by atoms with van der Waals surface area (Å²) >= 11 is 0. The van der Waals surface area contributed by atoms with Gasteiger partial charge in [0.15, 0.2) is 8.32 Å². The molecule has 0 saturated carbocycles. The van der Waals surface area contributed by atoms with Crippen LogP contribution in [0, 0.1) is 0 Å². The molecule has 1 atom stereocenters. The third-order valence-corrected chi connectivity index (χ3v) is 6.20. The Labute approximate surface area is 79.6 Å². The predicted octanol–water partition coefficient (Wildman–Crippen LogP) is 4.05. The van der Waals surface area contributed by atoms with E-state index in [1.54, 1.807) is 0 Å². The van der Waals surface area contributed by atoms with Crippen LogP contribution >= 0.6 is 0 Å². The maximum absolute atomic E-state index is 5.84. The van der Waals surface area contributed by atoms with Gasteiger partial charge in [0.2, 0.25) is 0 Å². The third-order valence-electron chi connectivity index (χ3n) is 2.33. The summed E-state index contributed by atoms with van der Waals surface area (Å²) in [6.07, 6.45) is 4.03. The molecule has 1 nitrogen and oxygen atoms in total. The largest absolute Gasteiger partial charge is 0.417 e. The molecule has 0 radical (unpaired) electrons. The summed E-state index contributed by atoms with van der Waals surface area (Å²) < 4.78 is 5.84. The molecule has 0 aliphatic carbocycles. The van der Waals surface area contributed by atoms with Crippen LogP contribution in [0.25, 0.3) is 0 Å². The van der Waals surface area contributed by atoms with Crippen LogP contribution in [0.1, 0.15) is 41.0 Å². The first kappa shape index (κ1) is 14.7. The molecule has 2 heteroatoms. The average Bonchev–Trinajstić information content (AvgIpc) is 1.89. The van der Waals surface area contributed by atoms with Gasteiger partial charge in [0.05, 0.1) is 0 Å². The lowest BCUT2D eigenvalue weighted by atomic mass is 10.4. The van der Waals surface area contributed by atoms with Crippen molar-refractivity contribution in [2.24, 2.45) is 0 Å². The molecule has 0 spiro atoms. The molecule has 0 bridgehead atoms. The van der Waals surface area contributed by atoms with Crippen LogP contribution in [0.4, 0.5) is 0 Å². The average molecular weight is 190 g/mol. The molecule has 1 aliphatic rings. The Hall–Kier alpha value is 0.177. The zero-order valence-electron chi connectivity index (χ0n) is 7.15. The van der Waals surface area contributed by atoms with Gasteiger partial charge in [-0.15, -0.1) is 0 Å². The quantitative estimate of drug-likeness (QED) is 0.597. The van der Waals surface area contributed by atoms with Gasteiger partial charge in [0.25, 0.3) is 0 Å². The van der Waals surface area contributed by atoms with Crippen LogP contribution in [-0.2, 0) is 4.43 Å². The fraction of sp³-hybridized carbons (Fsp3) is 1.00. The molecule has 76 valence electrons. The van der Waals surface area contributed by atoms with Crippen molar-refractivity contribution < 1.29 is 4.43 Å². The minimum atomic E-state index is -1.14. The summed E-state index contributed by atoms with van der Waals surface area (Å²) in [6.45, 7) is 5.69. The first-order valence-electron chi connectivity index (χ1n) is 4.41. The second-order valence-corrected chi connectivity index (χ2v) is 7.69. The molecule has 1 rings (SSSR count). The van der Waals surface area contributed by atoms with E-state index in [0.29, 0.717) is 0 Å². The standard InChI is InChI=1S/C8H18OSi.2CH4/c1-3-7-10(2)8-5-4-6-9-10;;/h3-8H2,1-2H3;2*1H4. The lowest BCUT2D eigenvalue weighted by Crippen LogP contribution is -2.37. The topological polar surface area (TPSA) is 9.23 Å². The van der Waals surface area contributed by atoms with Crippen molar-refractivity contribution in [2.75, 3.05) is 6.61 Å². The first-order valence-corrected chi connectivity index (χ1v) is 7.23. The number of hydrogen-bond acceptors (Lipinski definition) is 1. The third kappa shape index (κ3) is 4.26. The Balaban J connectivity index is 0. The smallest absolute Gasteiger partial charge is 0.189 e. The Bertz CT molecular complexity index is 92.5. The van der Waals surface area contributed by atoms with Gasteiger partial charge in [-0.3, -0.25) is 0 Å². The van der Waals surface area contributed by atoms with Crippen LogP contribution in [-0.4, -0.2) is 14.9 Å². The number of hydrogen-bond donors (Lipinski definition) is 0. The summed E-state index contributed by atoms with van der Waals surface area (Å²) in [5.41, 5.74) is 0. The fourth-order valence-corrected chi connectivity index (χ4v) is 4.95. The van der Waals surface area contributed by atoms with E-state index in [2.05, 4.69) is 13.5 Å². The van der Waals surface area contributed by atoms with Crippen molar-refractivity contribution >= 4 is 8.32 Å². The van der Waals surface area contributed by atoms with Crippen molar-refractivity contribution in [3.05, 3.63) is 0 Å². The molecule has 0 aromatic carbocycles. The van der Waals surface area contributed by atoms with Crippen LogP contribution in [0.3, 0.4) is 0 Å². The Kier molecular flexibility index (Phi) is 8.16. The van der Waals surface area contributed by atoms with Gasteiger partial charge in [0.1, 0.15) is 0 Å². The second kappa shape index (κ2) is 6.67. The van der Waals surface area contributed by atoms with Crippen molar-refractivity contribution in [3.63, 3.8) is 0 Å². The first-order chi connectivity index (χ1) is 4.77. The maximum atomic E-state index is 5.84. The minimum Gasteiger partial charge on any atom is -0.417 e. The van der Waals surface area contributed by atoms with Crippen molar-refractivity contribution in [3.8, 4) is 0 Å². The lowest BCUT2D eigenvalue weighted by molar-refractivity contribution is 0.270. The normalized spacial score (nSPS) is 28.5. The summed E-state index contributed by atoms with van der Waals surface area (Å²) in [7, 11) is -1.14. The van der Waals surface area contributed by atoms with Gasteiger partial charge < -0.3 is 4.43 Å². The van der Waals surface area contributed by atoms with Crippen LogP contribution in [0.5, 0.6) is 0 Å². The van der Waals surface area contributed by atoms with Crippen molar-refractivity contribution in [2.45, 2.75) is 59.7 Å². The summed E-state index contributed by atoms with van der Waals surface area (Å²) in [5.74, 6) is 0. The van der Waals surface area contributed by atoms with Crippen molar-refractivity contribution in [1.29, 1.82) is 0 Å². The highest BCUT2D eigenvalue weighted by atomic mass is 28.4. The van der Waals surface area contributed by atoms with E-state index < -0.39 is 8.32 Å². The molecule has 0 amide bonds. The molecule has 1 heterocycles. The molecule has 1 saturated heterocycles. The van der Waals surface area contributed by atoms with Crippen molar-refractivity contribution in [1.82, 2.24) is 0 Å².